The van der Waals surface area contributed by atoms with Gasteiger partial charge in [-0.2, -0.15) is 0 Å². The SMILES string of the molecule is CCOc1ccc(SCC(=O)N[C@@H](C)c2cc(OC)ccc2OC)cc1. The Hall–Kier alpha value is -2.34. The number of benzene rings is 2. The van der Waals surface area contributed by atoms with Gasteiger partial charge in [-0.3, -0.25) is 4.79 Å². The van der Waals surface area contributed by atoms with Crippen molar-refractivity contribution < 1.29 is 19.0 Å². The number of thioether (sulfide) groups is 1. The van der Waals surface area contributed by atoms with Crippen LogP contribution in [0.4, 0.5) is 0 Å². The molecule has 0 aliphatic heterocycles. The molecule has 5 nitrogen and oxygen atoms in total. The molecule has 26 heavy (non-hydrogen) atoms. The molecule has 1 N–H and O–H groups in total. The van der Waals surface area contributed by atoms with Crippen LogP contribution in [-0.4, -0.2) is 32.5 Å². The number of hydrogen-bond acceptors (Lipinski definition) is 5. The lowest BCUT2D eigenvalue weighted by molar-refractivity contribution is -0.119. The molecule has 0 aromatic heterocycles. The van der Waals surface area contributed by atoms with Crippen molar-refractivity contribution >= 4 is 17.7 Å². The van der Waals surface area contributed by atoms with Gasteiger partial charge < -0.3 is 19.5 Å². The Bertz CT molecular complexity index is 718. The quantitative estimate of drug-likeness (QED) is 0.670. The number of carbonyl (C=O) groups excluding carboxylic acids is 1. The molecule has 0 aliphatic rings. The minimum Gasteiger partial charge on any atom is -0.497 e. The van der Waals surface area contributed by atoms with E-state index in [0.29, 0.717) is 12.4 Å². The van der Waals surface area contributed by atoms with Gasteiger partial charge in [0.25, 0.3) is 0 Å². The summed E-state index contributed by atoms with van der Waals surface area (Å²) >= 11 is 1.49. The molecule has 0 saturated heterocycles. The van der Waals surface area contributed by atoms with Crippen molar-refractivity contribution in [3.8, 4) is 17.2 Å². The first kappa shape index (κ1) is 20.0. The molecule has 1 amide bonds. The Morgan fingerprint density at radius 3 is 2.38 bits per heavy atom. The van der Waals surface area contributed by atoms with E-state index in [-0.39, 0.29) is 11.9 Å². The van der Waals surface area contributed by atoms with Gasteiger partial charge in [0.15, 0.2) is 0 Å². The predicted molar refractivity (Wildman–Crippen MR) is 104 cm³/mol. The van der Waals surface area contributed by atoms with Crippen LogP contribution in [0.5, 0.6) is 17.2 Å². The summed E-state index contributed by atoms with van der Waals surface area (Å²) in [6, 6.07) is 13.1. The van der Waals surface area contributed by atoms with E-state index in [0.717, 1.165) is 27.7 Å². The lowest BCUT2D eigenvalue weighted by atomic mass is 10.1. The van der Waals surface area contributed by atoms with Crippen molar-refractivity contribution in [2.75, 3.05) is 26.6 Å². The van der Waals surface area contributed by atoms with Gasteiger partial charge in [0.2, 0.25) is 5.91 Å². The van der Waals surface area contributed by atoms with Crippen LogP contribution in [0.1, 0.15) is 25.5 Å². The molecular formula is C20H25NO4S. The zero-order valence-corrected chi connectivity index (χ0v) is 16.4. The molecule has 1 atom stereocenters. The van der Waals surface area contributed by atoms with Gasteiger partial charge in [-0.05, 0) is 56.3 Å². The summed E-state index contributed by atoms with van der Waals surface area (Å²) in [5, 5.41) is 3.00. The molecule has 0 fully saturated rings. The van der Waals surface area contributed by atoms with Crippen molar-refractivity contribution in [1.82, 2.24) is 5.32 Å². The summed E-state index contributed by atoms with van der Waals surface area (Å²) < 4.78 is 16.1. The van der Waals surface area contributed by atoms with Gasteiger partial charge in [0, 0.05) is 10.5 Å². The Morgan fingerprint density at radius 1 is 1.08 bits per heavy atom. The van der Waals surface area contributed by atoms with Crippen LogP contribution >= 0.6 is 11.8 Å². The van der Waals surface area contributed by atoms with Crippen molar-refractivity contribution in [2.24, 2.45) is 0 Å². The summed E-state index contributed by atoms with van der Waals surface area (Å²) in [5.74, 6) is 2.58. The maximum atomic E-state index is 12.3. The molecule has 140 valence electrons. The Kier molecular flexibility index (Phi) is 7.66. The second-order valence-electron chi connectivity index (χ2n) is 5.59. The first-order chi connectivity index (χ1) is 12.6. The van der Waals surface area contributed by atoms with Gasteiger partial charge in [-0.1, -0.05) is 0 Å². The van der Waals surface area contributed by atoms with E-state index in [1.54, 1.807) is 14.2 Å². The van der Waals surface area contributed by atoms with E-state index in [1.807, 2.05) is 56.3 Å². The first-order valence-corrected chi connectivity index (χ1v) is 9.42. The highest BCUT2D eigenvalue weighted by Gasteiger charge is 2.15. The fourth-order valence-electron chi connectivity index (χ4n) is 2.49. The van der Waals surface area contributed by atoms with Gasteiger partial charge >= 0.3 is 0 Å². The fourth-order valence-corrected chi connectivity index (χ4v) is 3.20. The Balaban J connectivity index is 1.92. The van der Waals surface area contributed by atoms with Crippen LogP contribution in [0.15, 0.2) is 47.4 Å². The summed E-state index contributed by atoms with van der Waals surface area (Å²) in [7, 11) is 3.23. The standard InChI is InChI=1S/C20H25NO4S/c1-5-25-15-6-9-17(10-7-15)26-13-20(22)21-14(2)18-12-16(23-3)8-11-19(18)24-4/h6-12,14H,5,13H2,1-4H3,(H,21,22)/t14-/m0/s1. The largest absolute Gasteiger partial charge is 0.497 e. The summed E-state index contributed by atoms with van der Waals surface area (Å²) in [6.45, 7) is 4.52. The van der Waals surface area contributed by atoms with Gasteiger partial charge in [-0.15, -0.1) is 11.8 Å². The Morgan fingerprint density at radius 2 is 1.77 bits per heavy atom. The molecule has 2 aromatic carbocycles. The molecule has 0 bridgehead atoms. The number of hydrogen-bond donors (Lipinski definition) is 1. The summed E-state index contributed by atoms with van der Waals surface area (Å²) in [5.41, 5.74) is 0.881. The van der Waals surface area contributed by atoms with Gasteiger partial charge in [0.05, 0.1) is 32.6 Å². The van der Waals surface area contributed by atoms with Crippen molar-refractivity contribution in [1.29, 1.82) is 0 Å². The average Bonchev–Trinajstić information content (AvgIpc) is 2.67. The number of ether oxygens (including phenoxy) is 3. The highest BCUT2D eigenvalue weighted by molar-refractivity contribution is 8.00. The average molecular weight is 375 g/mol. The predicted octanol–water partition coefficient (Wildman–Crippen LogP) is 4.07. The van der Waals surface area contributed by atoms with Crippen LogP contribution in [0, 0.1) is 0 Å². The molecule has 0 heterocycles. The molecule has 6 heteroatoms. The van der Waals surface area contributed by atoms with E-state index in [1.165, 1.54) is 11.8 Å². The molecule has 2 aromatic rings. The van der Waals surface area contributed by atoms with Crippen LogP contribution in [-0.2, 0) is 4.79 Å². The second kappa shape index (κ2) is 9.97. The molecule has 0 aliphatic carbocycles. The van der Waals surface area contributed by atoms with Gasteiger partial charge in [0.1, 0.15) is 17.2 Å². The maximum absolute atomic E-state index is 12.3. The molecule has 0 spiro atoms. The molecule has 2 rings (SSSR count). The van der Waals surface area contributed by atoms with E-state index in [2.05, 4.69) is 5.32 Å². The third-order valence-corrected chi connectivity index (χ3v) is 4.80. The topological polar surface area (TPSA) is 56.8 Å². The first-order valence-electron chi connectivity index (χ1n) is 8.44. The van der Waals surface area contributed by atoms with Crippen LogP contribution in [0.25, 0.3) is 0 Å². The monoisotopic (exact) mass is 375 g/mol. The smallest absolute Gasteiger partial charge is 0.230 e. The molecule has 0 unspecified atom stereocenters. The highest BCUT2D eigenvalue weighted by Crippen LogP contribution is 2.29. The van der Waals surface area contributed by atoms with Crippen LogP contribution < -0.4 is 19.5 Å². The maximum Gasteiger partial charge on any atom is 0.230 e. The third kappa shape index (κ3) is 5.59. The zero-order chi connectivity index (χ0) is 18.9. The van der Waals surface area contributed by atoms with E-state index < -0.39 is 0 Å². The van der Waals surface area contributed by atoms with Crippen molar-refractivity contribution in [3.63, 3.8) is 0 Å². The van der Waals surface area contributed by atoms with Crippen molar-refractivity contribution in [2.45, 2.75) is 24.8 Å². The number of nitrogens with one attached hydrogen (secondary N) is 1. The number of rotatable bonds is 9. The minimum atomic E-state index is -0.187. The molecular weight excluding hydrogens is 350 g/mol. The molecule has 0 saturated carbocycles. The fraction of sp³-hybridized carbons (Fsp3) is 0.350. The number of methoxy groups -OCH3 is 2. The third-order valence-electron chi connectivity index (χ3n) is 3.79. The number of amides is 1. The zero-order valence-electron chi connectivity index (χ0n) is 15.6. The summed E-state index contributed by atoms with van der Waals surface area (Å²) in [4.78, 5) is 13.3. The lowest BCUT2D eigenvalue weighted by Gasteiger charge is -2.18. The normalized spacial score (nSPS) is 11.5. The van der Waals surface area contributed by atoms with Crippen molar-refractivity contribution in [3.05, 3.63) is 48.0 Å². The van der Waals surface area contributed by atoms with Gasteiger partial charge in [-0.25, -0.2) is 0 Å². The van der Waals surface area contributed by atoms with E-state index in [4.69, 9.17) is 14.2 Å². The Labute approximate surface area is 159 Å². The minimum absolute atomic E-state index is 0.0405. The van der Waals surface area contributed by atoms with E-state index >= 15 is 0 Å². The number of carbonyl (C=O) groups is 1. The lowest BCUT2D eigenvalue weighted by Crippen LogP contribution is -2.28. The van der Waals surface area contributed by atoms with E-state index in [9.17, 15) is 4.79 Å². The second-order valence-corrected chi connectivity index (χ2v) is 6.64. The van der Waals surface area contributed by atoms with Crippen LogP contribution in [0.3, 0.4) is 0 Å². The molecule has 0 radical (unpaired) electrons. The highest BCUT2D eigenvalue weighted by atomic mass is 32.2. The van der Waals surface area contributed by atoms with Crippen LogP contribution in [0.2, 0.25) is 0 Å². The summed E-state index contributed by atoms with van der Waals surface area (Å²) in [6.07, 6.45) is 0.